The van der Waals surface area contributed by atoms with Crippen LogP contribution in [-0.4, -0.2) is 44.7 Å². The van der Waals surface area contributed by atoms with E-state index < -0.39 is 10.0 Å². The number of ether oxygens (including phenoxy) is 2. The zero-order valence-electron chi connectivity index (χ0n) is 22.7. The number of carbonyl (C=O) groups is 1. The normalized spacial score (nSPS) is 16.0. The van der Waals surface area contributed by atoms with Crippen LogP contribution in [0.2, 0.25) is 0 Å². The topological polar surface area (TPSA) is 85.3 Å². The van der Waals surface area contributed by atoms with E-state index >= 15 is 0 Å². The van der Waals surface area contributed by atoms with Crippen LogP contribution in [-0.2, 0) is 21.2 Å². The maximum absolute atomic E-state index is 13.1. The number of amides is 1. The monoisotopic (exact) mass is 558 g/mol. The minimum absolute atomic E-state index is 0.103. The SMILES string of the molecule is CCCCCCCCOc1cc(/C=C2\S/C(=N/S(=O)(=O)c3ccc(CC)cc3)N(CC)C2=O)ccc1OC. The summed E-state index contributed by atoms with van der Waals surface area (Å²) in [5.41, 5.74) is 1.80. The van der Waals surface area contributed by atoms with Gasteiger partial charge in [-0.3, -0.25) is 9.69 Å². The number of unbranched alkanes of at least 4 members (excludes halogenated alkanes) is 5. The molecule has 0 atom stereocenters. The number of hydrogen-bond donors (Lipinski definition) is 0. The number of methoxy groups -OCH3 is 1. The molecule has 0 N–H and O–H groups in total. The first kappa shape index (κ1) is 29.8. The van der Waals surface area contributed by atoms with Crippen LogP contribution in [0.15, 0.2) is 56.7 Å². The fourth-order valence-corrected chi connectivity index (χ4v) is 6.26. The zero-order chi connectivity index (χ0) is 27.5. The van der Waals surface area contributed by atoms with Gasteiger partial charge in [0.15, 0.2) is 16.7 Å². The second kappa shape index (κ2) is 14.4. The predicted molar refractivity (Wildman–Crippen MR) is 155 cm³/mol. The molecule has 1 aliphatic rings. The van der Waals surface area contributed by atoms with E-state index in [2.05, 4.69) is 11.3 Å². The van der Waals surface area contributed by atoms with Crippen molar-refractivity contribution in [3.05, 3.63) is 58.5 Å². The Morgan fingerprint density at radius 2 is 1.66 bits per heavy atom. The fraction of sp³-hybridized carbons (Fsp3) is 0.448. The molecule has 1 saturated heterocycles. The summed E-state index contributed by atoms with van der Waals surface area (Å²) < 4.78 is 41.4. The Kier molecular flexibility index (Phi) is 11.3. The van der Waals surface area contributed by atoms with E-state index in [1.54, 1.807) is 44.4 Å². The van der Waals surface area contributed by atoms with Gasteiger partial charge in [-0.25, -0.2) is 0 Å². The van der Waals surface area contributed by atoms with Gasteiger partial charge in [0.25, 0.3) is 15.9 Å². The lowest BCUT2D eigenvalue weighted by Gasteiger charge is -2.12. The lowest BCUT2D eigenvalue weighted by atomic mass is 10.1. The Labute approximate surface area is 231 Å². The first-order valence-electron chi connectivity index (χ1n) is 13.3. The van der Waals surface area contributed by atoms with Crippen LogP contribution in [0.4, 0.5) is 0 Å². The third-order valence-electron chi connectivity index (χ3n) is 6.27. The third kappa shape index (κ3) is 7.86. The van der Waals surface area contributed by atoms with Gasteiger partial charge in [0, 0.05) is 6.54 Å². The van der Waals surface area contributed by atoms with E-state index in [0.29, 0.717) is 29.6 Å². The van der Waals surface area contributed by atoms with Crippen molar-refractivity contribution in [1.82, 2.24) is 4.90 Å². The molecule has 1 aliphatic heterocycles. The summed E-state index contributed by atoms with van der Waals surface area (Å²) in [5.74, 6) is 0.962. The number of nitrogens with zero attached hydrogens (tertiary/aromatic N) is 2. The molecule has 206 valence electrons. The van der Waals surface area contributed by atoms with E-state index in [9.17, 15) is 13.2 Å². The summed E-state index contributed by atoms with van der Waals surface area (Å²) in [4.78, 5) is 15.0. The average Bonchev–Trinajstić information content (AvgIpc) is 3.20. The summed E-state index contributed by atoms with van der Waals surface area (Å²) in [5, 5.41) is 0.149. The fourth-order valence-electron chi connectivity index (χ4n) is 4.02. The van der Waals surface area contributed by atoms with Crippen molar-refractivity contribution in [2.75, 3.05) is 20.3 Å². The molecular formula is C29H38N2O5S2. The van der Waals surface area contributed by atoms with E-state index in [4.69, 9.17) is 9.47 Å². The van der Waals surface area contributed by atoms with Gasteiger partial charge in [0.2, 0.25) is 0 Å². The smallest absolute Gasteiger partial charge is 0.284 e. The molecular weight excluding hydrogens is 520 g/mol. The highest BCUT2D eigenvalue weighted by atomic mass is 32.2. The molecule has 1 amide bonds. The second-order valence-electron chi connectivity index (χ2n) is 9.03. The predicted octanol–water partition coefficient (Wildman–Crippen LogP) is 6.68. The molecule has 0 radical (unpaired) electrons. The van der Waals surface area contributed by atoms with Crippen LogP contribution in [0.1, 0.15) is 70.4 Å². The van der Waals surface area contributed by atoms with Crippen LogP contribution in [0.25, 0.3) is 6.08 Å². The molecule has 9 heteroatoms. The minimum atomic E-state index is -3.96. The minimum Gasteiger partial charge on any atom is -0.493 e. The molecule has 38 heavy (non-hydrogen) atoms. The number of benzene rings is 2. The van der Waals surface area contributed by atoms with Crippen molar-refractivity contribution >= 4 is 38.9 Å². The molecule has 2 aromatic rings. The van der Waals surface area contributed by atoms with Crippen molar-refractivity contribution in [3.8, 4) is 11.5 Å². The number of hydrogen-bond acceptors (Lipinski definition) is 6. The lowest BCUT2D eigenvalue weighted by molar-refractivity contribution is -0.122. The number of carbonyl (C=O) groups excluding carboxylic acids is 1. The van der Waals surface area contributed by atoms with Gasteiger partial charge in [-0.1, -0.05) is 64.2 Å². The van der Waals surface area contributed by atoms with E-state index in [1.165, 1.54) is 30.6 Å². The van der Waals surface area contributed by atoms with E-state index in [0.717, 1.165) is 42.2 Å². The molecule has 0 spiro atoms. The summed E-state index contributed by atoms with van der Waals surface area (Å²) in [7, 11) is -2.36. The number of rotatable bonds is 14. The molecule has 2 aromatic carbocycles. The zero-order valence-corrected chi connectivity index (χ0v) is 24.4. The number of sulfonamides is 1. The van der Waals surface area contributed by atoms with Gasteiger partial charge in [0.05, 0.1) is 23.5 Å². The Morgan fingerprint density at radius 3 is 2.32 bits per heavy atom. The molecule has 0 aliphatic carbocycles. The van der Waals surface area contributed by atoms with Crippen molar-refractivity contribution in [1.29, 1.82) is 0 Å². The molecule has 7 nitrogen and oxygen atoms in total. The number of amidine groups is 1. The lowest BCUT2D eigenvalue weighted by Crippen LogP contribution is -2.29. The van der Waals surface area contributed by atoms with Gasteiger partial charge in [0.1, 0.15) is 0 Å². The van der Waals surface area contributed by atoms with E-state index in [1.807, 2.05) is 25.1 Å². The quantitative estimate of drug-likeness (QED) is 0.190. The molecule has 0 bridgehead atoms. The molecule has 3 rings (SSSR count). The molecule has 1 fully saturated rings. The molecule has 0 aromatic heterocycles. The molecule has 0 saturated carbocycles. The number of likely N-dealkylation sites (N-methyl/N-ethyl adjacent to an activating group) is 1. The van der Waals surface area contributed by atoms with Crippen molar-refractivity contribution in [2.45, 2.75) is 70.6 Å². The Balaban J connectivity index is 1.77. The van der Waals surface area contributed by atoms with Crippen LogP contribution < -0.4 is 9.47 Å². The third-order valence-corrected chi connectivity index (χ3v) is 8.68. The van der Waals surface area contributed by atoms with Crippen LogP contribution in [0.3, 0.4) is 0 Å². The van der Waals surface area contributed by atoms with Gasteiger partial charge >= 0.3 is 0 Å². The average molecular weight is 559 g/mol. The summed E-state index contributed by atoms with van der Waals surface area (Å²) in [6.45, 7) is 6.90. The van der Waals surface area contributed by atoms with Crippen LogP contribution >= 0.6 is 11.8 Å². The number of aryl methyl sites for hydroxylation is 1. The summed E-state index contributed by atoms with van der Waals surface area (Å²) in [6, 6.07) is 12.2. The van der Waals surface area contributed by atoms with Crippen molar-refractivity contribution in [3.63, 3.8) is 0 Å². The standard InChI is InChI=1S/C29H38N2O5S2/c1-5-8-9-10-11-12-19-36-26-20-23(15-18-25(26)35-4)21-27-28(32)31(7-3)29(37-27)30-38(33,34)24-16-13-22(6-2)14-17-24/h13-18,20-21H,5-12,19H2,1-4H3/b27-21-,30-29+. The van der Waals surface area contributed by atoms with Gasteiger partial charge in [-0.05, 0) is 73.0 Å². The van der Waals surface area contributed by atoms with Crippen molar-refractivity contribution < 1.29 is 22.7 Å². The first-order valence-corrected chi connectivity index (χ1v) is 15.5. The summed E-state index contributed by atoms with van der Waals surface area (Å²) in [6.07, 6.45) is 9.58. The summed E-state index contributed by atoms with van der Waals surface area (Å²) >= 11 is 1.06. The van der Waals surface area contributed by atoms with Crippen molar-refractivity contribution in [2.24, 2.45) is 4.40 Å². The first-order chi connectivity index (χ1) is 18.3. The highest BCUT2D eigenvalue weighted by molar-refractivity contribution is 8.19. The van der Waals surface area contributed by atoms with Crippen LogP contribution in [0, 0.1) is 0 Å². The Bertz CT molecular complexity index is 1250. The van der Waals surface area contributed by atoms with Gasteiger partial charge in [-0.15, -0.1) is 4.40 Å². The highest BCUT2D eigenvalue weighted by Gasteiger charge is 2.34. The number of thioether (sulfide) groups is 1. The van der Waals surface area contributed by atoms with Gasteiger partial charge in [-0.2, -0.15) is 8.42 Å². The molecule has 1 heterocycles. The maximum Gasteiger partial charge on any atom is 0.284 e. The second-order valence-corrected chi connectivity index (χ2v) is 11.6. The van der Waals surface area contributed by atoms with E-state index in [-0.39, 0.29) is 16.0 Å². The Hall–Kier alpha value is -2.78. The highest BCUT2D eigenvalue weighted by Crippen LogP contribution is 2.35. The van der Waals surface area contributed by atoms with Crippen LogP contribution in [0.5, 0.6) is 11.5 Å². The molecule has 0 unspecified atom stereocenters. The Morgan fingerprint density at radius 1 is 0.947 bits per heavy atom. The maximum atomic E-state index is 13.1. The van der Waals surface area contributed by atoms with Gasteiger partial charge < -0.3 is 9.47 Å². The largest absolute Gasteiger partial charge is 0.493 e.